The third-order valence-electron chi connectivity index (χ3n) is 1.18. The van der Waals surface area contributed by atoms with E-state index >= 15 is 0 Å². The maximum Gasteiger partial charge on any atom is 0.382 e. The predicted molar refractivity (Wildman–Crippen MR) is 48.7 cm³/mol. The molecule has 0 atom stereocenters. The van der Waals surface area contributed by atoms with Crippen LogP contribution in [0.25, 0.3) is 0 Å². The second-order valence-electron chi connectivity index (χ2n) is 2.03. The number of carboxylic acids is 1. The zero-order valence-corrected chi connectivity index (χ0v) is 7.63. The van der Waals surface area contributed by atoms with E-state index in [1.807, 2.05) is 18.1 Å². The van der Waals surface area contributed by atoms with Gasteiger partial charge in [-0.1, -0.05) is 18.1 Å². The first kappa shape index (κ1) is 8.82. The van der Waals surface area contributed by atoms with Crippen molar-refractivity contribution in [1.82, 2.24) is 0 Å². The van der Waals surface area contributed by atoms with Gasteiger partial charge < -0.3 is 5.11 Å². The minimum atomic E-state index is -1.12. The lowest BCUT2D eigenvalue weighted by atomic mass is 10.2. The van der Waals surface area contributed by atoms with Crippen LogP contribution in [0.5, 0.6) is 0 Å². The highest BCUT2D eigenvalue weighted by Crippen LogP contribution is 2.13. The number of benzene rings is 1. The van der Waals surface area contributed by atoms with Crippen molar-refractivity contribution >= 4 is 21.9 Å². The Bertz CT molecular complexity index is 360. The number of hydrogen-bond acceptors (Lipinski definition) is 1. The average molecular weight is 225 g/mol. The third kappa shape index (κ3) is 2.40. The standard InChI is InChI=1S/C9H5BrO2/c10-8-4-2-1-3-7(8)5-6-9(11)12/h1-4H,(H,11,12). The fourth-order valence-corrected chi connectivity index (χ4v) is 1.07. The molecule has 12 heavy (non-hydrogen) atoms. The Labute approximate surface area is 78.3 Å². The average Bonchev–Trinajstić information content (AvgIpc) is 2.03. The SMILES string of the molecule is O=C(O)C#Cc1ccccc1Br. The van der Waals surface area contributed by atoms with E-state index in [9.17, 15) is 4.79 Å². The maximum absolute atomic E-state index is 10.1. The predicted octanol–water partition coefficient (Wildman–Crippen LogP) is 1.89. The van der Waals surface area contributed by atoms with Crippen molar-refractivity contribution in [2.75, 3.05) is 0 Å². The van der Waals surface area contributed by atoms with Crippen LogP contribution in [0.2, 0.25) is 0 Å². The van der Waals surface area contributed by atoms with Crippen molar-refractivity contribution in [3.8, 4) is 11.8 Å². The lowest BCUT2D eigenvalue weighted by Crippen LogP contribution is -1.87. The molecule has 0 saturated heterocycles. The Balaban J connectivity index is 2.99. The van der Waals surface area contributed by atoms with E-state index in [-0.39, 0.29) is 0 Å². The van der Waals surface area contributed by atoms with Crippen molar-refractivity contribution < 1.29 is 9.90 Å². The number of aliphatic carboxylic acids is 1. The van der Waals surface area contributed by atoms with E-state index in [4.69, 9.17) is 5.11 Å². The first-order valence-electron chi connectivity index (χ1n) is 3.19. The Morgan fingerprint density at radius 2 is 2.08 bits per heavy atom. The zero-order valence-electron chi connectivity index (χ0n) is 6.04. The number of carbonyl (C=O) groups is 1. The molecule has 60 valence electrons. The normalized spacial score (nSPS) is 8.42. The van der Waals surface area contributed by atoms with Gasteiger partial charge in [0.25, 0.3) is 0 Å². The van der Waals surface area contributed by atoms with Crippen LogP contribution in [0.3, 0.4) is 0 Å². The molecule has 0 unspecified atom stereocenters. The van der Waals surface area contributed by atoms with Crippen molar-refractivity contribution in [1.29, 1.82) is 0 Å². The molecule has 0 heterocycles. The minimum Gasteiger partial charge on any atom is -0.472 e. The maximum atomic E-state index is 10.1. The van der Waals surface area contributed by atoms with E-state index in [0.717, 1.165) is 4.47 Å². The molecule has 0 aromatic heterocycles. The van der Waals surface area contributed by atoms with E-state index in [0.29, 0.717) is 5.56 Å². The number of rotatable bonds is 0. The summed E-state index contributed by atoms with van der Waals surface area (Å²) in [6.07, 6.45) is 0. The summed E-state index contributed by atoms with van der Waals surface area (Å²) in [4.78, 5) is 10.1. The van der Waals surface area contributed by atoms with Gasteiger partial charge in [0.1, 0.15) is 0 Å². The molecule has 0 aliphatic heterocycles. The number of halogens is 1. The van der Waals surface area contributed by atoms with Gasteiger partial charge in [-0.3, -0.25) is 0 Å². The monoisotopic (exact) mass is 224 g/mol. The Morgan fingerprint density at radius 1 is 1.42 bits per heavy atom. The second-order valence-corrected chi connectivity index (χ2v) is 2.89. The second kappa shape index (κ2) is 3.93. The first-order valence-corrected chi connectivity index (χ1v) is 3.99. The van der Waals surface area contributed by atoms with Crippen LogP contribution in [0, 0.1) is 11.8 Å². The highest BCUT2D eigenvalue weighted by atomic mass is 79.9. The Hall–Kier alpha value is -1.27. The van der Waals surface area contributed by atoms with Gasteiger partial charge in [-0.25, -0.2) is 4.79 Å². The van der Waals surface area contributed by atoms with E-state index < -0.39 is 5.97 Å². The lowest BCUT2D eigenvalue weighted by Gasteiger charge is -1.91. The van der Waals surface area contributed by atoms with Gasteiger partial charge in [0.15, 0.2) is 0 Å². The number of hydrogen-bond donors (Lipinski definition) is 1. The summed E-state index contributed by atoms with van der Waals surface area (Å²) in [5.41, 5.74) is 0.680. The lowest BCUT2D eigenvalue weighted by molar-refractivity contribution is -0.130. The summed E-state index contributed by atoms with van der Waals surface area (Å²) in [5, 5.41) is 8.28. The molecule has 2 nitrogen and oxygen atoms in total. The summed E-state index contributed by atoms with van der Waals surface area (Å²) < 4.78 is 0.804. The molecular formula is C9H5BrO2. The molecule has 0 fully saturated rings. The molecule has 1 aromatic carbocycles. The fourth-order valence-electron chi connectivity index (χ4n) is 0.683. The van der Waals surface area contributed by atoms with Gasteiger partial charge in [0.2, 0.25) is 0 Å². The van der Waals surface area contributed by atoms with E-state index in [2.05, 4.69) is 21.9 Å². The van der Waals surface area contributed by atoms with E-state index in [1.165, 1.54) is 0 Å². The van der Waals surface area contributed by atoms with Crippen LogP contribution >= 0.6 is 15.9 Å². The van der Waals surface area contributed by atoms with Gasteiger partial charge in [0, 0.05) is 16.0 Å². The highest BCUT2D eigenvalue weighted by Gasteiger charge is 1.92. The zero-order chi connectivity index (χ0) is 8.97. The van der Waals surface area contributed by atoms with Crippen LogP contribution in [0.1, 0.15) is 5.56 Å². The first-order chi connectivity index (χ1) is 5.70. The molecule has 0 saturated carbocycles. The summed E-state index contributed by atoms with van der Waals surface area (Å²) in [6.45, 7) is 0. The molecule has 0 bridgehead atoms. The summed E-state index contributed by atoms with van der Waals surface area (Å²) >= 11 is 3.25. The molecule has 3 heteroatoms. The third-order valence-corrected chi connectivity index (χ3v) is 1.87. The van der Waals surface area contributed by atoms with Crippen molar-refractivity contribution in [3.05, 3.63) is 34.3 Å². The van der Waals surface area contributed by atoms with Crippen LogP contribution in [0.15, 0.2) is 28.7 Å². The Kier molecular flexibility index (Phi) is 2.89. The van der Waals surface area contributed by atoms with Gasteiger partial charge in [-0.05, 0) is 28.1 Å². The topological polar surface area (TPSA) is 37.3 Å². The summed E-state index contributed by atoms with van der Waals surface area (Å²) in [6, 6.07) is 7.21. The van der Waals surface area contributed by atoms with E-state index in [1.54, 1.807) is 12.1 Å². The summed E-state index contributed by atoms with van der Waals surface area (Å²) in [5.74, 6) is 3.44. The summed E-state index contributed by atoms with van der Waals surface area (Å²) in [7, 11) is 0. The van der Waals surface area contributed by atoms with Gasteiger partial charge in [-0.2, -0.15) is 0 Å². The quantitative estimate of drug-likeness (QED) is 0.684. The Morgan fingerprint density at radius 3 is 2.67 bits per heavy atom. The van der Waals surface area contributed by atoms with Crippen molar-refractivity contribution in [3.63, 3.8) is 0 Å². The molecular weight excluding hydrogens is 220 g/mol. The molecule has 0 aliphatic carbocycles. The van der Waals surface area contributed by atoms with Crippen LogP contribution in [-0.4, -0.2) is 11.1 Å². The largest absolute Gasteiger partial charge is 0.472 e. The molecule has 0 aliphatic rings. The smallest absolute Gasteiger partial charge is 0.382 e. The molecule has 1 N–H and O–H groups in total. The number of carboxylic acid groups (broad SMARTS) is 1. The van der Waals surface area contributed by atoms with Crippen molar-refractivity contribution in [2.45, 2.75) is 0 Å². The van der Waals surface area contributed by atoms with Gasteiger partial charge in [0.05, 0.1) is 0 Å². The van der Waals surface area contributed by atoms with Gasteiger partial charge in [-0.15, -0.1) is 0 Å². The molecule has 1 aromatic rings. The van der Waals surface area contributed by atoms with Crippen LogP contribution < -0.4 is 0 Å². The van der Waals surface area contributed by atoms with Crippen molar-refractivity contribution in [2.24, 2.45) is 0 Å². The van der Waals surface area contributed by atoms with Gasteiger partial charge >= 0.3 is 5.97 Å². The van der Waals surface area contributed by atoms with Crippen LogP contribution in [-0.2, 0) is 4.79 Å². The molecule has 0 spiro atoms. The molecule has 1 rings (SSSR count). The van der Waals surface area contributed by atoms with Crippen LogP contribution in [0.4, 0.5) is 0 Å². The molecule has 0 amide bonds. The molecule has 0 radical (unpaired) electrons. The fraction of sp³-hybridized carbons (Fsp3) is 0. The highest BCUT2D eigenvalue weighted by molar-refractivity contribution is 9.10. The minimum absolute atomic E-state index is 0.680.